The number of halogens is 1. The third kappa shape index (κ3) is 3.08. The van der Waals surface area contributed by atoms with Gasteiger partial charge in [-0.25, -0.2) is 0 Å². The maximum atomic E-state index is 11.9. The van der Waals surface area contributed by atoms with E-state index in [-0.39, 0.29) is 17.1 Å². The van der Waals surface area contributed by atoms with Gasteiger partial charge in [-0.15, -0.1) is 0 Å². The Morgan fingerprint density at radius 2 is 1.83 bits per heavy atom. The highest BCUT2D eigenvalue weighted by Gasteiger charge is 2.08. The van der Waals surface area contributed by atoms with Gasteiger partial charge in [0.15, 0.2) is 5.78 Å². The highest BCUT2D eigenvalue weighted by molar-refractivity contribution is 9.10. The third-order valence-electron chi connectivity index (χ3n) is 2.45. The molecule has 0 amide bonds. The monoisotopic (exact) mass is 302 g/mol. The molecule has 1 N–H and O–H groups in total. The van der Waals surface area contributed by atoms with E-state index in [2.05, 4.69) is 15.9 Å². The molecule has 0 unspecified atom stereocenters. The van der Waals surface area contributed by atoms with Crippen LogP contribution < -0.4 is 0 Å². The van der Waals surface area contributed by atoms with Crippen molar-refractivity contribution in [1.82, 2.24) is 0 Å². The van der Waals surface area contributed by atoms with Gasteiger partial charge < -0.3 is 5.11 Å². The Hall–Kier alpha value is -1.87. The molecule has 2 nitrogen and oxygen atoms in total. The first-order valence-electron chi connectivity index (χ1n) is 5.43. The molecule has 0 fully saturated rings. The summed E-state index contributed by atoms with van der Waals surface area (Å²) >= 11 is 3.27. The van der Waals surface area contributed by atoms with Gasteiger partial charge in [-0.05, 0) is 29.8 Å². The van der Waals surface area contributed by atoms with Crippen molar-refractivity contribution in [1.29, 1.82) is 0 Å². The second kappa shape index (κ2) is 5.65. The predicted octanol–water partition coefficient (Wildman–Crippen LogP) is 4.05. The summed E-state index contributed by atoms with van der Waals surface area (Å²) in [6.45, 7) is 0. The fourth-order valence-corrected chi connectivity index (χ4v) is 1.89. The Labute approximate surface area is 114 Å². The smallest absolute Gasteiger partial charge is 0.189 e. The molecule has 0 aliphatic heterocycles. The van der Waals surface area contributed by atoms with Crippen molar-refractivity contribution in [3.05, 3.63) is 70.2 Å². The molecule has 2 aromatic carbocycles. The molecule has 90 valence electrons. The highest BCUT2D eigenvalue weighted by atomic mass is 79.9. The van der Waals surface area contributed by atoms with Crippen LogP contribution in [0.15, 0.2) is 59.1 Å². The van der Waals surface area contributed by atoms with Crippen molar-refractivity contribution in [3.63, 3.8) is 0 Å². The molecular weight excluding hydrogens is 292 g/mol. The number of carbonyl (C=O) groups excluding carboxylic acids is 1. The Kier molecular flexibility index (Phi) is 3.95. The van der Waals surface area contributed by atoms with Gasteiger partial charge in [0, 0.05) is 4.47 Å². The summed E-state index contributed by atoms with van der Waals surface area (Å²) < 4.78 is 0.761. The van der Waals surface area contributed by atoms with Crippen molar-refractivity contribution in [2.24, 2.45) is 0 Å². The summed E-state index contributed by atoms with van der Waals surface area (Å²) in [7, 11) is 0. The fraction of sp³-hybridized carbons (Fsp3) is 0. The summed E-state index contributed by atoms with van der Waals surface area (Å²) in [6, 6.07) is 14.3. The summed E-state index contributed by atoms with van der Waals surface area (Å²) in [4.78, 5) is 11.9. The lowest BCUT2D eigenvalue weighted by Gasteiger charge is -2.01. The molecule has 2 rings (SSSR count). The number of allylic oxidation sites excluding steroid dienone is 1. The molecule has 0 aliphatic rings. The van der Waals surface area contributed by atoms with Gasteiger partial charge in [0.2, 0.25) is 0 Å². The topological polar surface area (TPSA) is 37.3 Å². The fourth-order valence-electron chi connectivity index (χ4n) is 1.53. The van der Waals surface area contributed by atoms with Crippen LogP contribution in [0.2, 0.25) is 0 Å². The van der Waals surface area contributed by atoms with Gasteiger partial charge in [0.25, 0.3) is 0 Å². The lowest BCUT2D eigenvalue weighted by Crippen LogP contribution is -1.94. The van der Waals surface area contributed by atoms with E-state index in [4.69, 9.17) is 0 Å². The van der Waals surface area contributed by atoms with Crippen LogP contribution in [0.3, 0.4) is 0 Å². The normalized spacial score (nSPS) is 10.7. The quantitative estimate of drug-likeness (QED) is 0.686. The number of carbonyl (C=O) groups is 1. The van der Waals surface area contributed by atoms with Crippen LogP contribution in [-0.4, -0.2) is 10.9 Å². The largest absolute Gasteiger partial charge is 0.507 e. The van der Waals surface area contributed by atoms with E-state index in [0.717, 1.165) is 10.0 Å². The molecule has 0 aliphatic carbocycles. The predicted molar refractivity (Wildman–Crippen MR) is 75.6 cm³/mol. The van der Waals surface area contributed by atoms with E-state index in [1.54, 1.807) is 18.2 Å². The van der Waals surface area contributed by atoms with E-state index >= 15 is 0 Å². The average molecular weight is 303 g/mol. The van der Waals surface area contributed by atoms with Gasteiger partial charge >= 0.3 is 0 Å². The van der Waals surface area contributed by atoms with Gasteiger partial charge in [-0.2, -0.15) is 0 Å². The van der Waals surface area contributed by atoms with E-state index in [9.17, 15) is 9.90 Å². The number of hydrogen-bond donors (Lipinski definition) is 1. The Balaban J connectivity index is 2.22. The van der Waals surface area contributed by atoms with Crippen molar-refractivity contribution in [2.45, 2.75) is 0 Å². The van der Waals surface area contributed by atoms with E-state index in [0.29, 0.717) is 0 Å². The number of rotatable bonds is 3. The zero-order chi connectivity index (χ0) is 13.0. The summed E-state index contributed by atoms with van der Waals surface area (Å²) in [5.74, 6) is -0.237. The van der Waals surface area contributed by atoms with Crippen LogP contribution in [0.4, 0.5) is 0 Å². The minimum absolute atomic E-state index is 0.0130. The lowest BCUT2D eigenvalue weighted by atomic mass is 10.1. The molecular formula is C15H11BrO2. The molecule has 18 heavy (non-hydrogen) atoms. The van der Waals surface area contributed by atoms with Crippen molar-refractivity contribution in [3.8, 4) is 5.75 Å². The average Bonchev–Trinajstić information content (AvgIpc) is 2.40. The van der Waals surface area contributed by atoms with Crippen LogP contribution >= 0.6 is 15.9 Å². The molecule has 2 aromatic rings. The van der Waals surface area contributed by atoms with E-state index in [1.807, 2.05) is 30.3 Å². The van der Waals surface area contributed by atoms with Crippen LogP contribution in [0.5, 0.6) is 5.75 Å². The maximum Gasteiger partial charge on any atom is 0.189 e. The van der Waals surface area contributed by atoms with Crippen LogP contribution in [0.1, 0.15) is 15.9 Å². The molecule has 0 saturated carbocycles. The minimum atomic E-state index is -0.224. The zero-order valence-electron chi connectivity index (χ0n) is 9.51. The molecule has 0 bridgehead atoms. The number of phenols is 1. The highest BCUT2D eigenvalue weighted by Crippen LogP contribution is 2.22. The summed E-state index contributed by atoms with van der Waals surface area (Å²) in [5, 5.41) is 9.63. The van der Waals surface area contributed by atoms with Crippen LogP contribution in [-0.2, 0) is 0 Å². The Bertz CT molecular complexity index is 589. The SMILES string of the molecule is O=C(/C=C/c1ccccc1)c1cc(Br)ccc1O. The van der Waals surface area contributed by atoms with Crippen molar-refractivity contribution < 1.29 is 9.90 Å². The molecule has 0 atom stereocenters. The van der Waals surface area contributed by atoms with E-state index in [1.165, 1.54) is 12.1 Å². The second-order valence-electron chi connectivity index (χ2n) is 3.77. The van der Waals surface area contributed by atoms with E-state index < -0.39 is 0 Å². The number of benzene rings is 2. The van der Waals surface area contributed by atoms with Gasteiger partial charge in [-0.3, -0.25) is 4.79 Å². The lowest BCUT2D eigenvalue weighted by molar-refractivity contribution is 0.104. The summed E-state index contributed by atoms with van der Waals surface area (Å²) in [6.07, 6.45) is 3.18. The second-order valence-corrected chi connectivity index (χ2v) is 4.69. The van der Waals surface area contributed by atoms with Crippen LogP contribution in [0.25, 0.3) is 6.08 Å². The number of aromatic hydroxyl groups is 1. The summed E-state index contributed by atoms with van der Waals surface area (Å²) in [5.41, 5.74) is 1.23. The Morgan fingerprint density at radius 1 is 1.11 bits per heavy atom. The molecule has 0 radical (unpaired) electrons. The molecule has 0 spiro atoms. The van der Waals surface area contributed by atoms with Crippen LogP contribution in [0, 0.1) is 0 Å². The first-order valence-corrected chi connectivity index (χ1v) is 6.22. The molecule has 0 saturated heterocycles. The number of phenolic OH excluding ortho intramolecular Hbond substituents is 1. The first kappa shape index (κ1) is 12.6. The van der Waals surface area contributed by atoms with Gasteiger partial charge in [0.1, 0.15) is 5.75 Å². The Morgan fingerprint density at radius 3 is 2.56 bits per heavy atom. The first-order chi connectivity index (χ1) is 8.66. The third-order valence-corrected chi connectivity index (χ3v) is 2.94. The van der Waals surface area contributed by atoms with Gasteiger partial charge in [-0.1, -0.05) is 52.3 Å². The van der Waals surface area contributed by atoms with Crippen molar-refractivity contribution >= 4 is 27.8 Å². The minimum Gasteiger partial charge on any atom is -0.507 e. The molecule has 0 heterocycles. The van der Waals surface area contributed by atoms with Crippen molar-refractivity contribution in [2.75, 3.05) is 0 Å². The standard InChI is InChI=1S/C15H11BrO2/c16-12-7-9-15(18)13(10-12)14(17)8-6-11-4-2-1-3-5-11/h1-10,18H/b8-6+. The van der Waals surface area contributed by atoms with Gasteiger partial charge in [0.05, 0.1) is 5.56 Å². The maximum absolute atomic E-state index is 11.9. The number of ketones is 1. The number of hydrogen-bond acceptors (Lipinski definition) is 2. The molecule has 0 aromatic heterocycles. The zero-order valence-corrected chi connectivity index (χ0v) is 11.1. The molecule has 3 heteroatoms.